The Morgan fingerprint density at radius 1 is 1.50 bits per heavy atom. The van der Waals surface area contributed by atoms with Crippen LogP contribution in [0.5, 0.6) is 5.88 Å². The highest BCUT2D eigenvalue weighted by Crippen LogP contribution is 2.23. The molecule has 0 saturated heterocycles. The first-order chi connectivity index (χ1) is 6.75. The van der Waals surface area contributed by atoms with Crippen LogP contribution in [-0.4, -0.2) is 16.9 Å². The van der Waals surface area contributed by atoms with Gasteiger partial charge in [-0.15, -0.1) is 0 Å². The van der Waals surface area contributed by atoms with E-state index in [-0.39, 0.29) is 5.78 Å². The number of nitrogens with zero attached hydrogens (tertiary/aromatic N) is 1. The quantitative estimate of drug-likeness (QED) is 0.687. The number of carbonyl (C=O) groups excluding carboxylic acids is 1. The molecule has 1 aliphatic rings. The van der Waals surface area contributed by atoms with E-state index >= 15 is 0 Å². The second-order valence-electron chi connectivity index (χ2n) is 3.61. The molecule has 0 N–H and O–H groups in total. The maximum atomic E-state index is 11.0. The molecule has 1 fully saturated rings. The summed E-state index contributed by atoms with van der Waals surface area (Å²) in [7, 11) is 0. The highest BCUT2D eigenvalue weighted by molar-refractivity contribution is 5.93. The highest BCUT2D eigenvalue weighted by Gasteiger charge is 2.19. The van der Waals surface area contributed by atoms with E-state index in [0.717, 1.165) is 12.8 Å². The Kier molecular flexibility index (Phi) is 2.48. The molecule has 0 amide bonds. The summed E-state index contributed by atoms with van der Waals surface area (Å²) in [6.07, 6.45) is 5.39. The zero-order chi connectivity index (χ0) is 9.97. The summed E-state index contributed by atoms with van der Waals surface area (Å²) in [4.78, 5) is 15.0. The van der Waals surface area contributed by atoms with Crippen molar-refractivity contribution in [1.29, 1.82) is 0 Å². The fraction of sp³-hybridized carbons (Fsp3) is 0.455. The minimum atomic E-state index is 0.0349. The summed E-state index contributed by atoms with van der Waals surface area (Å²) in [6.45, 7) is 1.53. The molecule has 1 saturated carbocycles. The standard InChI is InChI=1S/C11H13NO2/c1-8(13)9-5-6-11(12-7-9)14-10-3-2-4-10/h5-7,10H,2-4H2,1H3. The van der Waals surface area contributed by atoms with Crippen LogP contribution in [0.2, 0.25) is 0 Å². The van der Waals surface area contributed by atoms with Gasteiger partial charge in [0.1, 0.15) is 6.10 Å². The van der Waals surface area contributed by atoms with Gasteiger partial charge in [0.25, 0.3) is 0 Å². The molecule has 3 nitrogen and oxygen atoms in total. The van der Waals surface area contributed by atoms with Crippen LogP contribution in [-0.2, 0) is 0 Å². The van der Waals surface area contributed by atoms with Crippen LogP contribution < -0.4 is 4.74 Å². The molecule has 1 aromatic heterocycles. The van der Waals surface area contributed by atoms with Crippen LogP contribution in [0.25, 0.3) is 0 Å². The number of pyridine rings is 1. The number of hydrogen-bond acceptors (Lipinski definition) is 3. The molecule has 74 valence electrons. The van der Waals surface area contributed by atoms with Gasteiger partial charge in [0.15, 0.2) is 5.78 Å². The number of carbonyl (C=O) groups is 1. The molecule has 14 heavy (non-hydrogen) atoms. The summed E-state index contributed by atoms with van der Waals surface area (Å²) in [6, 6.07) is 3.51. The number of hydrogen-bond donors (Lipinski definition) is 0. The Morgan fingerprint density at radius 2 is 2.29 bits per heavy atom. The van der Waals surface area contributed by atoms with Crippen molar-refractivity contribution in [3.05, 3.63) is 23.9 Å². The first kappa shape index (κ1) is 9.19. The van der Waals surface area contributed by atoms with Crippen molar-refractivity contribution in [3.63, 3.8) is 0 Å². The zero-order valence-corrected chi connectivity index (χ0v) is 8.19. The summed E-state index contributed by atoms with van der Waals surface area (Å²) >= 11 is 0. The molecular formula is C11H13NO2. The Bertz CT molecular complexity index is 328. The Labute approximate surface area is 83.1 Å². The van der Waals surface area contributed by atoms with Gasteiger partial charge in [0, 0.05) is 17.8 Å². The van der Waals surface area contributed by atoms with E-state index in [9.17, 15) is 4.79 Å². The van der Waals surface area contributed by atoms with Gasteiger partial charge < -0.3 is 4.74 Å². The third-order valence-electron chi connectivity index (χ3n) is 2.48. The van der Waals surface area contributed by atoms with Gasteiger partial charge in [-0.25, -0.2) is 4.98 Å². The lowest BCUT2D eigenvalue weighted by Crippen LogP contribution is -2.24. The average molecular weight is 191 g/mol. The van der Waals surface area contributed by atoms with Gasteiger partial charge in [-0.05, 0) is 32.3 Å². The monoisotopic (exact) mass is 191 g/mol. The Balaban J connectivity index is 2.01. The summed E-state index contributed by atoms with van der Waals surface area (Å²) in [5, 5.41) is 0. The predicted octanol–water partition coefficient (Wildman–Crippen LogP) is 2.22. The molecule has 0 radical (unpaired) electrons. The van der Waals surface area contributed by atoms with Crippen LogP contribution in [0.4, 0.5) is 0 Å². The molecule has 1 aromatic rings. The maximum Gasteiger partial charge on any atom is 0.213 e. The van der Waals surface area contributed by atoms with E-state index in [0.29, 0.717) is 17.5 Å². The fourth-order valence-corrected chi connectivity index (χ4v) is 1.32. The summed E-state index contributed by atoms with van der Waals surface area (Å²) < 4.78 is 5.56. The lowest BCUT2D eigenvalue weighted by Gasteiger charge is -2.25. The van der Waals surface area contributed by atoms with Crippen LogP contribution in [0, 0.1) is 0 Å². The van der Waals surface area contributed by atoms with E-state index in [1.54, 1.807) is 18.3 Å². The van der Waals surface area contributed by atoms with Gasteiger partial charge in [0.2, 0.25) is 5.88 Å². The minimum absolute atomic E-state index is 0.0349. The van der Waals surface area contributed by atoms with Crippen molar-refractivity contribution in [2.75, 3.05) is 0 Å². The molecule has 0 aliphatic heterocycles. The molecule has 0 spiro atoms. The van der Waals surface area contributed by atoms with E-state index in [4.69, 9.17) is 4.74 Å². The predicted molar refractivity (Wildman–Crippen MR) is 52.5 cm³/mol. The lowest BCUT2D eigenvalue weighted by molar-refractivity contribution is 0.101. The van der Waals surface area contributed by atoms with Gasteiger partial charge in [0.05, 0.1) is 0 Å². The van der Waals surface area contributed by atoms with Crippen molar-refractivity contribution in [2.24, 2.45) is 0 Å². The number of aromatic nitrogens is 1. The maximum absolute atomic E-state index is 11.0. The Hall–Kier alpha value is -1.38. The number of ether oxygens (including phenoxy) is 1. The largest absolute Gasteiger partial charge is 0.474 e. The molecule has 2 rings (SSSR count). The van der Waals surface area contributed by atoms with Gasteiger partial charge in [-0.1, -0.05) is 0 Å². The molecule has 1 heterocycles. The van der Waals surface area contributed by atoms with Crippen LogP contribution in [0.15, 0.2) is 18.3 Å². The third-order valence-corrected chi connectivity index (χ3v) is 2.48. The number of Topliss-reactive ketones (excluding diaryl/α,β-unsaturated/α-hetero) is 1. The average Bonchev–Trinajstić information content (AvgIpc) is 2.12. The molecule has 3 heteroatoms. The van der Waals surface area contributed by atoms with Gasteiger partial charge >= 0.3 is 0 Å². The molecule has 0 unspecified atom stereocenters. The first-order valence-corrected chi connectivity index (χ1v) is 4.89. The number of ketones is 1. The van der Waals surface area contributed by atoms with Crippen molar-refractivity contribution in [2.45, 2.75) is 32.3 Å². The van der Waals surface area contributed by atoms with Crippen molar-refractivity contribution in [3.8, 4) is 5.88 Å². The van der Waals surface area contributed by atoms with Crippen molar-refractivity contribution < 1.29 is 9.53 Å². The summed E-state index contributed by atoms with van der Waals surface area (Å²) in [5.74, 6) is 0.660. The smallest absolute Gasteiger partial charge is 0.213 e. The SMILES string of the molecule is CC(=O)c1ccc(OC2CCC2)nc1. The molecule has 0 atom stereocenters. The second-order valence-corrected chi connectivity index (χ2v) is 3.61. The highest BCUT2D eigenvalue weighted by atomic mass is 16.5. The number of rotatable bonds is 3. The van der Waals surface area contributed by atoms with Crippen LogP contribution in [0.1, 0.15) is 36.5 Å². The van der Waals surface area contributed by atoms with Crippen LogP contribution >= 0.6 is 0 Å². The normalized spacial score (nSPS) is 16.1. The molecule has 0 aromatic carbocycles. The summed E-state index contributed by atoms with van der Waals surface area (Å²) in [5.41, 5.74) is 0.631. The van der Waals surface area contributed by atoms with Gasteiger partial charge in [-0.3, -0.25) is 4.79 Å². The fourth-order valence-electron chi connectivity index (χ4n) is 1.32. The Morgan fingerprint density at radius 3 is 2.71 bits per heavy atom. The molecule has 1 aliphatic carbocycles. The van der Waals surface area contributed by atoms with Crippen LogP contribution in [0.3, 0.4) is 0 Å². The van der Waals surface area contributed by atoms with Gasteiger partial charge in [-0.2, -0.15) is 0 Å². The third kappa shape index (κ3) is 1.92. The molecule has 0 bridgehead atoms. The minimum Gasteiger partial charge on any atom is -0.474 e. The molecular weight excluding hydrogens is 178 g/mol. The van der Waals surface area contributed by atoms with E-state index in [2.05, 4.69) is 4.98 Å². The van der Waals surface area contributed by atoms with E-state index in [1.165, 1.54) is 13.3 Å². The van der Waals surface area contributed by atoms with Crippen molar-refractivity contribution in [1.82, 2.24) is 4.98 Å². The van der Waals surface area contributed by atoms with E-state index in [1.807, 2.05) is 0 Å². The van der Waals surface area contributed by atoms with Crippen molar-refractivity contribution >= 4 is 5.78 Å². The second kappa shape index (κ2) is 3.78. The topological polar surface area (TPSA) is 39.2 Å². The lowest BCUT2D eigenvalue weighted by atomic mass is 9.96. The zero-order valence-electron chi connectivity index (χ0n) is 8.19. The van der Waals surface area contributed by atoms with E-state index < -0.39 is 0 Å². The first-order valence-electron chi connectivity index (χ1n) is 4.89.